The Hall–Kier alpha value is -1.18. The minimum Gasteiger partial charge on any atom is -0.508 e. The van der Waals surface area contributed by atoms with Crippen molar-refractivity contribution < 1.29 is 5.11 Å². The van der Waals surface area contributed by atoms with E-state index in [0.29, 0.717) is 11.8 Å². The maximum atomic E-state index is 9.50. The van der Waals surface area contributed by atoms with E-state index < -0.39 is 0 Å². The average molecular weight is 233 g/mol. The van der Waals surface area contributed by atoms with E-state index in [1.165, 1.54) is 32.1 Å². The SMILES string of the molecule is CCC1CCCC(Nc2ccc(O)c(C)c2)C1. The molecule has 17 heavy (non-hydrogen) atoms. The summed E-state index contributed by atoms with van der Waals surface area (Å²) in [6.45, 7) is 4.23. The van der Waals surface area contributed by atoms with Gasteiger partial charge in [0.2, 0.25) is 0 Å². The van der Waals surface area contributed by atoms with Crippen molar-refractivity contribution in [3.63, 3.8) is 0 Å². The molecule has 94 valence electrons. The van der Waals surface area contributed by atoms with E-state index in [0.717, 1.165) is 17.2 Å². The first-order valence-electron chi connectivity index (χ1n) is 6.75. The first kappa shape index (κ1) is 12.3. The fourth-order valence-electron chi connectivity index (χ4n) is 2.77. The van der Waals surface area contributed by atoms with Gasteiger partial charge in [0, 0.05) is 11.7 Å². The summed E-state index contributed by atoms with van der Waals surface area (Å²) in [5.41, 5.74) is 2.08. The van der Waals surface area contributed by atoms with Crippen molar-refractivity contribution in [3.8, 4) is 5.75 Å². The third-order valence-corrected chi connectivity index (χ3v) is 3.93. The molecule has 0 radical (unpaired) electrons. The summed E-state index contributed by atoms with van der Waals surface area (Å²) in [6, 6.07) is 6.39. The maximum Gasteiger partial charge on any atom is 0.118 e. The van der Waals surface area contributed by atoms with Gasteiger partial charge in [-0.25, -0.2) is 0 Å². The monoisotopic (exact) mass is 233 g/mol. The van der Waals surface area contributed by atoms with Crippen molar-refractivity contribution >= 4 is 5.69 Å². The number of aromatic hydroxyl groups is 1. The molecule has 2 heteroatoms. The van der Waals surface area contributed by atoms with Gasteiger partial charge in [-0.3, -0.25) is 0 Å². The van der Waals surface area contributed by atoms with Crippen LogP contribution < -0.4 is 5.32 Å². The van der Waals surface area contributed by atoms with E-state index in [-0.39, 0.29) is 0 Å². The zero-order valence-corrected chi connectivity index (χ0v) is 10.9. The standard InChI is InChI=1S/C15H23NO/c1-3-12-5-4-6-13(10-12)16-14-7-8-15(17)11(2)9-14/h7-9,12-13,16-17H,3-6,10H2,1-2H3. The Kier molecular flexibility index (Phi) is 3.93. The van der Waals surface area contributed by atoms with Crippen LogP contribution in [-0.4, -0.2) is 11.1 Å². The lowest BCUT2D eigenvalue weighted by molar-refractivity contribution is 0.327. The fourth-order valence-corrected chi connectivity index (χ4v) is 2.77. The van der Waals surface area contributed by atoms with E-state index in [4.69, 9.17) is 0 Å². The Morgan fingerprint density at radius 3 is 2.88 bits per heavy atom. The molecule has 1 saturated carbocycles. The Bertz CT molecular complexity index is 375. The Balaban J connectivity index is 1.97. The van der Waals surface area contributed by atoms with Gasteiger partial charge in [0.05, 0.1) is 0 Å². The van der Waals surface area contributed by atoms with Crippen molar-refractivity contribution in [1.82, 2.24) is 0 Å². The molecule has 1 aliphatic carbocycles. The van der Waals surface area contributed by atoms with Crippen LogP contribution in [0.1, 0.15) is 44.6 Å². The van der Waals surface area contributed by atoms with E-state index >= 15 is 0 Å². The molecule has 0 aliphatic heterocycles. The van der Waals surface area contributed by atoms with Gasteiger partial charge in [-0.15, -0.1) is 0 Å². The smallest absolute Gasteiger partial charge is 0.118 e. The molecule has 0 spiro atoms. The first-order chi connectivity index (χ1) is 8.19. The van der Waals surface area contributed by atoms with Crippen LogP contribution in [0, 0.1) is 12.8 Å². The van der Waals surface area contributed by atoms with Gasteiger partial charge in [0.15, 0.2) is 0 Å². The average Bonchev–Trinajstić information content (AvgIpc) is 2.34. The molecule has 0 heterocycles. The summed E-state index contributed by atoms with van der Waals surface area (Å²) < 4.78 is 0. The zero-order valence-electron chi connectivity index (χ0n) is 10.9. The predicted molar refractivity (Wildman–Crippen MR) is 72.5 cm³/mol. The van der Waals surface area contributed by atoms with Gasteiger partial charge < -0.3 is 10.4 Å². The lowest BCUT2D eigenvalue weighted by atomic mass is 9.84. The highest BCUT2D eigenvalue weighted by Gasteiger charge is 2.20. The second-order valence-corrected chi connectivity index (χ2v) is 5.28. The van der Waals surface area contributed by atoms with Crippen LogP contribution >= 0.6 is 0 Å². The minimum absolute atomic E-state index is 0.380. The molecule has 0 aromatic heterocycles. The van der Waals surface area contributed by atoms with Gasteiger partial charge in [0.1, 0.15) is 5.75 Å². The summed E-state index contributed by atoms with van der Waals surface area (Å²) in [7, 11) is 0. The molecule has 1 aliphatic rings. The van der Waals surface area contributed by atoms with Crippen LogP contribution in [-0.2, 0) is 0 Å². The van der Waals surface area contributed by atoms with Crippen LogP contribution in [0.2, 0.25) is 0 Å². The second kappa shape index (κ2) is 5.44. The Morgan fingerprint density at radius 1 is 1.35 bits per heavy atom. The number of benzene rings is 1. The van der Waals surface area contributed by atoms with Gasteiger partial charge in [-0.05, 0) is 49.4 Å². The number of hydrogen-bond donors (Lipinski definition) is 2. The van der Waals surface area contributed by atoms with Gasteiger partial charge in [-0.2, -0.15) is 0 Å². The molecule has 2 N–H and O–H groups in total. The molecule has 2 nitrogen and oxygen atoms in total. The molecule has 0 saturated heterocycles. The number of aryl methyl sites for hydroxylation is 1. The largest absolute Gasteiger partial charge is 0.508 e. The molecule has 2 unspecified atom stereocenters. The van der Waals surface area contributed by atoms with Crippen LogP contribution in [0.25, 0.3) is 0 Å². The normalized spacial score (nSPS) is 24.6. The van der Waals surface area contributed by atoms with E-state index in [9.17, 15) is 5.11 Å². The zero-order chi connectivity index (χ0) is 12.3. The molecule has 0 bridgehead atoms. The Morgan fingerprint density at radius 2 is 2.18 bits per heavy atom. The third kappa shape index (κ3) is 3.15. The predicted octanol–water partition coefficient (Wildman–Crippen LogP) is 4.08. The van der Waals surface area contributed by atoms with Crippen LogP contribution in [0.5, 0.6) is 5.75 Å². The van der Waals surface area contributed by atoms with Gasteiger partial charge >= 0.3 is 0 Å². The minimum atomic E-state index is 0.380. The highest BCUT2D eigenvalue weighted by molar-refractivity contribution is 5.50. The number of hydrogen-bond acceptors (Lipinski definition) is 2. The van der Waals surface area contributed by atoms with Crippen LogP contribution in [0.4, 0.5) is 5.69 Å². The molecule has 1 aromatic rings. The highest BCUT2D eigenvalue weighted by Crippen LogP contribution is 2.29. The maximum absolute atomic E-state index is 9.50. The van der Waals surface area contributed by atoms with Crippen molar-refractivity contribution in [2.24, 2.45) is 5.92 Å². The van der Waals surface area contributed by atoms with Crippen molar-refractivity contribution in [2.75, 3.05) is 5.32 Å². The topological polar surface area (TPSA) is 32.3 Å². The first-order valence-corrected chi connectivity index (χ1v) is 6.75. The van der Waals surface area contributed by atoms with Gasteiger partial charge in [0.25, 0.3) is 0 Å². The summed E-state index contributed by atoms with van der Waals surface area (Å²) in [6.07, 6.45) is 6.59. The number of phenols is 1. The third-order valence-electron chi connectivity index (χ3n) is 3.93. The summed E-state index contributed by atoms with van der Waals surface area (Å²) in [5, 5.41) is 13.1. The van der Waals surface area contributed by atoms with Crippen molar-refractivity contribution in [3.05, 3.63) is 23.8 Å². The summed E-state index contributed by atoms with van der Waals surface area (Å²) >= 11 is 0. The number of phenolic OH excluding ortho intramolecular Hbond substituents is 1. The highest BCUT2D eigenvalue weighted by atomic mass is 16.3. The van der Waals surface area contributed by atoms with E-state index in [1.807, 2.05) is 19.1 Å². The van der Waals surface area contributed by atoms with Gasteiger partial charge in [-0.1, -0.05) is 26.2 Å². The summed E-state index contributed by atoms with van der Waals surface area (Å²) in [5.74, 6) is 1.27. The lowest BCUT2D eigenvalue weighted by Gasteiger charge is -2.30. The molecule has 2 atom stereocenters. The van der Waals surface area contributed by atoms with E-state index in [1.54, 1.807) is 6.07 Å². The van der Waals surface area contributed by atoms with Crippen LogP contribution in [0.15, 0.2) is 18.2 Å². The summed E-state index contributed by atoms with van der Waals surface area (Å²) in [4.78, 5) is 0. The molecule has 1 aromatic carbocycles. The second-order valence-electron chi connectivity index (χ2n) is 5.28. The fraction of sp³-hybridized carbons (Fsp3) is 0.600. The van der Waals surface area contributed by atoms with Crippen molar-refractivity contribution in [2.45, 2.75) is 52.0 Å². The lowest BCUT2D eigenvalue weighted by Crippen LogP contribution is -2.27. The molecule has 2 rings (SSSR count). The quantitative estimate of drug-likeness (QED) is 0.771. The molecular formula is C15H23NO. The van der Waals surface area contributed by atoms with E-state index in [2.05, 4.69) is 12.2 Å². The molecule has 0 amide bonds. The van der Waals surface area contributed by atoms with Crippen LogP contribution in [0.3, 0.4) is 0 Å². The number of nitrogens with one attached hydrogen (secondary N) is 1. The Labute approximate surface area is 104 Å². The van der Waals surface area contributed by atoms with Crippen molar-refractivity contribution in [1.29, 1.82) is 0 Å². The molecular weight excluding hydrogens is 210 g/mol. The number of anilines is 1. The molecule has 1 fully saturated rings. The number of rotatable bonds is 3.